The molecule has 1 aromatic carbocycles. The van der Waals surface area contributed by atoms with Crippen molar-refractivity contribution in [3.8, 4) is 11.4 Å². The first kappa shape index (κ1) is 22.8. The van der Waals surface area contributed by atoms with Crippen LogP contribution in [-0.4, -0.2) is 52.9 Å². The summed E-state index contributed by atoms with van der Waals surface area (Å²) in [6.45, 7) is 7.28. The van der Waals surface area contributed by atoms with Crippen LogP contribution < -0.4 is 21.3 Å². The number of hydrogen-bond acceptors (Lipinski definition) is 6. The molecule has 0 spiro atoms. The van der Waals surface area contributed by atoms with Gasteiger partial charge in [-0.15, -0.1) is 0 Å². The number of amides is 2. The zero-order chi connectivity index (χ0) is 22.9. The highest BCUT2D eigenvalue weighted by Gasteiger charge is 2.11. The maximum atomic E-state index is 12.3. The molecule has 0 radical (unpaired) electrons. The van der Waals surface area contributed by atoms with E-state index >= 15 is 0 Å². The van der Waals surface area contributed by atoms with Crippen molar-refractivity contribution < 1.29 is 9.59 Å². The molecule has 2 aromatic heterocycles. The number of carbonyl (C=O) groups is 2. The van der Waals surface area contributed by atoms with Gasteiger partial charge in [0, 0.05) is 50.4 Å². The summed E-state index contributed by atoms with van der Waals surface area (Å²) in [5.74, 6) is 1.66. The van der Waals surface area contributed by atoms with Crippen LogP contribution >= 0.6 is 0 Å². The molecule has 9 heteroatoms. The van der Waals surface area contributed by atoms with E-state index in [2.05, 4.69) is 36.2 Å². The molecule has 9 nitrogen and oxygen atoms in total. The Kier molecular flexibility index (Phi) is 7.80. The molecule has 3 aromatic rings. The first-order valence-electron chi connectivity index (χ1n) is 10.5. The molecule has 0 aliphatic heterocycles. The van der Waals surface area contributed by atoms with E-state index in [1.807, 2.05) is 50.2 Å². The Morgan fingerprint density at radius 1 is 0.875 bits per heavy atom. The summed E-state index contributed by atoms with van der Waals surface area (Å²) in [6, 6.07) is 13.4. The van der Waals surface area contributed by atoms with Crippen LogP contribution in [0.2, 0.25) is 0 Å². The maximum absolute atomic E-state index is 12.3. The Labute approximate surface area is 187 Å². The van der Waals surface area contributed by atoms with E-state index in [4.69, 9.17) is 0 Å². The van der Waals surface area contributed by atoms with Crippen molar-refractivity contribution in [3.63, 3.8) is 0 Å². The monoisotopic (exact) mass is 435 g/mol. The molecule has 168 valence electrons. The summed E-state index contributed by atoms with van der Waals surface area (Å²) < 4.78 is 0. The number of nitrogens with zero attached hydrogens (tertiary/aromatic N) is 2. The van der Waals surface area contributed by atoms with Crippen molar-refractivity contribution in [1.29, 1.82) is 0 Å². The fraction of sp³-hybridized carbons (Fsp3) is 0.304. The highest BCUT2D eigenvalue weighted by Crippen LogP contribution is 2.20. The lowest BCUT2D eigenvalue weighted by atomic mass is 10.2. The van der Waals surface area contributed by atoms with Gasteiger partial charge in [0.2, 0.25) is 5.91 Å². The van der Waals surface area contributed by atoms with Gasteiger partial charge >= 0.3 is 0 Å². The molecule has 0 saturated heterocycles. The molecule has 32 heavy (non-hydrogen) atoms. The van der Waals surface area contributed by atoms with Crippen LogP contribution in [0.3, 0.4) is 0 Å². The van der Waals surface area contributed by atoms with Gasteiger partial charge in [0.15, 0.2) is 5.82 Å². The Morgan fingerprint density at radius 2 is 1.50 bits per heavy atom. The SMILES string of the molecule is CC(=O)NCCNc1cc(NCCNC(=O)c2[nH]c(C)cc2C)nc(-c2ccccc2)n1. The number of benzene rings is 1. The summed E-state index contributed by atoms with van der Waals surface area (Å²) in [7, 11) is 0. The van der Waals surface area contributed by atoms with Crippen LogP contribution in [0.5, 0.6) is 0 Å². The average molecular weight is 436 g/mol. The van der Waals surface area contributed by atoms with Gasteiger partial charge < -0.3 is 26.3 Å². The van der Waals surface area contributed by atoms with Gasteiger partial charge in [0.25, 0.3) is 5.91 Å². The molecule has 5 N–H and O–H groups in total. The normalized spacial score (nSPS) is 10.5. The van der Waals surface area contributed by atoms with E-state index in [0.29, 0.717) is 49.3 Å². The van der Waals surface area contributed by atoms with E-state index < -0.39 is 0 Å². The van der Waals surface area contributed by atoms with E-state index in [1.165, 1.54) is 6.92 Å². The topological polar surface area (TPSA) is 124 Å². The molecule has 2 amide bonds. The summed E-state index contributed by atoms with van der Waals surface area (Å²) >= 11 is 0. The maximum Gasteiger partial charge on any atom is 0.268 e. The standard InChI is InChI=1S/C23H29N7O2/c1-15-13-16(2)28-21(15)23(32)27-12-11-26-20-14-19(25-10-9-24-17(3)31)29-22(30-20)18-7-5-4-6-8-18/h4-8,13-14,28H,9-12H2,1-3H3,(H,24,31)(H,27,32)(H2,25,26,29,30). The Morgan fingerprint density at radius 3 is 2.06 bits per heavy atom. The zero-order valence-electron chi connectivity index (χ0n) is 18.6. The fourth-order valence-corrected chi connectivity index (χ4v) is 3.19. The number of aryl methyl sites for hydroxylation is 2. The van der Waals surface area contributed by atoms with Crippen LogP contribution in [0.25, 0.3) is 11.4 Å². The minimum atomic E-state index is -0.134. The van der Waals surface area contributed by atoms with Crippen molar-refractivity contribution in [2.24, 2.45) is 0 Å². The van der Waals surface area contributed by atoms with Gasteiger partial charge in [-0.1, -0.05) is 30.3 Å². The highest BCUT2D eigenvalue weighted by molar-refractivity contribution is 5.94. The fourth-order valence-electron chi connectivity index (χ4n) is 3.19. The van der Waals surface area contributed by atoms with Crippen molar-refractivity contribution in [2.75, 3.05) is 36.8 Å². The third-order valence-electron chi connectivity index (χ3n) is 4.66. The Balaban J connectivity index is 1.62. The van der Waals surface area contributed by atoms with Crippen molar-refractivity contribution in [1.82, 2.24) is 25.6 Å². The number of aromatic amines is 1. The summed E-state index contributed by atoms with van der Waals surface area (Å²) in [5, 5.41) is 12.1. The minimum Gasteiger partial charge on any atom is -0.368 e. The second kappa shape index (κ2) is 10.9. The first-order chi connectivity index (χ1) is 15.4. The number of aromatic nitrogens is 3. The molecule has 0 atom stereocenters. The van der Waals surface area contributed by atoms with Crippen molar-refractivity contribution in [3.05, 3.63) is 59.4 Å². The predicted octanol–water partition coefficient (Wildman–Crippen LogP) is 2.48. The quantitative estimate of drug-likeness (QED) is 0.312. The Bertz CT molecular complexity index is 1060. The third-order valence-corrected chi connectivity index (χ3v) is 4.66. The van der Waals surface area contributed by atoms with Gasteiger partial charge in [0.05, 0.1) is 0 Å². The van der Waals surface area contributed by atoms with E-state index in [-0.39, 0.29) is 11.8 Å². The molecule has 0 aliphatic rings. The summed E-state index contributed by atoms with van der Waals surface area (Å²) in [5.41, 5.74) is 3.36. The van der Waals surface area contributed by atoms with Crippen LogP contribution in [0.1, 0.15) is 28.7 Å². The van der Waals surface area contributed by atoms with Crippen molar-refractivity contribution >= 4 is 23.5 Å². The number of rotatable bonds is 10. The molecule has 3 rings (SSSR count). The van der Waals surface area contributed by atoms with Crippen LogP contribution in [0, 0.1) is 13.8 Å². The summed E-state index contributed by atoms with van der Waals surface area (Å²) in [4.78, 5) is 35.7. The van der Waals surface area contributed by atoms with Gasteiger partial charge in [-0.05, 0) is 25.5 Å². The summed E-state index contributed by atoms with van der Waals surface area (Å²) in [6.07, 6.45) is 0. The number of carbonyl (C=O) groups excluding carboxylic acids is 2. The first-order valence-corrected chi connectivity index (χ1v) is 10.5. The van der Waals surface area contributed by atoms with Gasteiger partial charge in [-0.25, -0.2) is 9.97 Å². The number of H-pyrrole nitrogens is 1. The van der Waals surface area contributed by atoms with E-state index in [0.717, 1.165) is 16.8 Å². The third kappa shape index (κ3) is 6.56. The molecule has 0 unspecified atom stereocenters. The second-order valence-electron chi connectivity index (χ2n) is 7.43. The predicted molar refractivity (Wildman–Crippen MR) is 126 cm³/mol. The smallest absolute Gasteiger partial charge is 0.268 e. The average Bonchev–Trinajstić information content (AvgIpc) is 3.12. The van der Waals surface area contributed by atoms with Gasteiger partial charge in [0.1, 0.15) is 17.3 Å². The largest absolute Gasteiger partial charge is 0.368 e. The van der Waals surface area contributed by atoms with E-state index in [1.54, 1.807) is 6.07 Å². The van der Waals surface area contributed by atoms with Crippen LogP contribution in [0.4, 0.5) is 11.6 Å². The molecule has 0 bridgehead atoms. The zero-order valence-corrected chi connectivity index (χ0v) is 18.6. The molecule has 2 heterocycles. The number of anilines is 2. The van der Waals surface area contributed by atoms with Gasteiger partial charge in [-0.3, -0.25) is 9.59 Å². The Hall–Kier alpha value is -3.88. The highest BCUT2D eigenvalue weighted by atomic mass is 16.2. The lowest BCUT2D eigenvalue weighted by molar-refractivity contribution is -0.118. The van der Waals surface area contributed by atoms with Crippen LogP contribution in [0.15, 0.2) is 42.5 Å². The van der Waals surface area contributed by atoms with Crippen molar-refractivity contribution in [2.45, 2.75) is 20.8 Å². The number of nitrogens with one attached hydrogen (secondary N) is 5. The lowest BCUT2D eigenvalue weighted by Crippen LogP contribution is -2.29. The molecule has 0 fully saturated rings. The number of hydrogen-bond donors (Lipinski definition) is 5. The lowest BCUT2D eigenvalue weighted by Gasteiger charge is -2.12. The molecule has 0 saturated carbocycles. The van der Waals surface area contributed by atoms with Gasteiger partial charge in [-0.2, -0.15) is 0 Å². The molecule has 0 aliphatic carbocycles. The van der Waals surface area contributed by atoms with E-state index in [9.17, 15) is 9.59 Å². The second-order valence-corrected chi connectivity index (χ2v) is 7.43. The van der Waals surface area contributed by atoms with Crippen LogP contribution in [-0.2, 0) is 4.79 Å². The molecular weight excluding hydrogens is 406 g/mol. The molecular formula is C23H29N7O2. The minimum absolute atomic E-state index is 0.0754.